The maximum Gasteiger partial charge on any atom is 0.0180 e. The molecule has 0 amide bonds. The first-order valence-electron chi connectivity index (χ1n) is 1.60. The summed E-state index contributed by atoms with van der Waals surface area (Å²) in [5, 5.41) is 0. The van der Waals surface area contributed by atoms with Crippen LogP contribution in [0.25, 0.3) is 0 Å². The minimum atomic E-state index is -2.07. The van der Waals surface area contributed by atoms with Crippen molar-refractivity contribution in [2.75, 3.05) is 6.54 Å². The molecule has 0 spiro atoms. The fraction of sp³-hybridized carbons (Fsp3) is 1.00. The Kier molecular flexibility index (Phi) is 11.1. The molecule has 0 fully saturated rings. The molecule has 0 aliphatic heterocycles. The fourth-order valence-electron chi connectivity index (χ4n) is 0.118. The summed E-state index contributed by atoms with van der Waals surface area (Å²) in [6, 6.07) is 0. The van der Waals surface area contributed by atoms with Gasteiger partial charge in [-0.3, -0.25) is 4.21 Å². The van der Waals surface area contributed by atoms with Gasteiger partial charge in [-0.05, 0) is 0 Å². The van der Waals surface area contributed by atoms with Crippen LogP contribution in [0.1, 0.15) is 6.92 Å². The van der Waals surface area contributed by atoms with Crippen molar-refractivity contribution in [1.82, 2.24) is 4.72 Å². The zero-order valence-electron chi connectivity index (χ0n) is 4.43. The molecule has 0 bridgehead atoms. The van der Waals surface area contributed by atoms with Crippen molar-refractivity contribution in [2.45, 2.75) is 6.92 Å². The molecule has 0 aromatic carbocycles. The summed E-state index contributed by atoms with van der Waals surface area (Å²) < 4.78 is 21.1. The maximum absolute atomic E-state index is 9.49. The van der Waals surface area contributed by atoms with E-state index in [4.69, 9.17) is 0 Å². The summed E-state index contributed by atoms with van der Waals surface area (Å²) in [6.45, 7) is 2.19. The minimum absolute atomic E-state index is 0. The van der Waals surface area contributed by atoms with E-state index in [1.165, 1.54) is 0 Å². The summed E-state index contributed by atoms with van der Waals surface area (Å²) in [5.41, 5.74) is 0. The van der Waals surface area contributed by atoms with Gasteiger partial charge in [0, 0.05) is 47.4 Å². The predicted octanol–water partition coefficient (Wildman–Crippen LogP) is -0.991. The van der Waals surface area contributed by atoms with Gasteiger partial charge in [0.15, 0.2) is 0 Å². The van der Waals surface area contributed by atoms with E-state index in [1.54, 1.807) is 6.92 Å². The Morgan fingerprint density at radius 1 is 1.86 bits per heavy atom. The van der Waals surface area contributed by atoms with Crippen LogP contribution in [-0.4, -0.2) is 44.9 Å². The van der Waals surface area contributed by atoms with Gasteiger partial charge in [-0.2, -0.15) is 0 Å². The summed E-state index contributed by atoms with van der Waals surface area (Å²) in [6.07, 6.45) is 0. The quantitative estimate of drug-likeness (QED) is 0.386. The summed E-state index contributed by atoms with van der Waals surface area (Å²) in [5.74, 6) is 0. The Morgan fingerprint density at radius 3 is 2.29 bits per heavy atom. The third-order valence-electron chi connectivity index (χ3n) is 0.262. The van der Waals surface area contributed by atoms with Gasteiger partial charge in [0.1, 0.15) is 0 Å². The zero-order chi connectivity index (χ0) is 4.99. The molecule has 0 saturated carbocycles. The standard InChI is InChI=1S/C2H7NO2S.Na/c1-2-3-6(4)5;/h3H,2H2,1H3,(H,4,5);/p-1. The summed E-state index contributed by atoms with van der Waals surface area (Å²) >= 11 is -2.07. The molecule has 0 saturated heterocycles. The maximum atomic E-state index is 9.49. The number of hydrogen-bond acceptors (Lipinski definition) is 2. The topological polar surface area (TPSA) is 52.2 Å². The SMILES string of the molecule is CCNS(=O)[O-].[Na]. The van der Waals surface area contributed by atoms with Gasteiger partial charge < -0.3 is 4.55 Å². The van der Waals surface area contributed by atoms with Crippen LogP contribution >= 0.6 is 0 Å². The average Bonchev–Trinajstić information content (AvgIpc) is 1.35. The molecule has 3 nitrogen and oxygen atoms in total. The molecule has 1 unspecified atom stereocenters. The first-order valence-corrected chi connectivity index (χ1v) is 2.67. The van der Waals surface area contributed by atoms with E-state index in [0.717, 1.165) is 0 Å². The second-order valence-corrected chi connectivity index (χ2v) is 1.49. The van der Waals surface area contributed by atoms with Crippen molar-refractivity contribution in [3.05, 3.63) is 0 Å². The molecule has 5 heteroatoms. The van der Waals surface area contributed by atoms with Gasteiger partial charge in [-0.25, -0.2) is 4.72 Å². The molecular formula is C2H6NNaO2S-. The van der Waals surface area contributed by atoms with E-state index in [1.807, 2.05) is 0 Å². The van der Waals surface area contributed by atoms with Crippen LogP contribution in [-0.2, 0) is 11.3 Å². The first kappa shape index (κ1) is 10.9. The van der Waals surface area contributed by atoms with Crippen molar-refractivity contribution in [3.63, 3.8) is 0 Å². The zero-order valence-corrected chi connectivity index (χ0v) is 7.25. The Morgan fingerprint density at radius 2 is 2.29 bits per heavy atom. The van der Waals surface area contributed by atoms with Gasteiger partial charge in [0.25, 0.3) is 0 Å². The summed E-state index contributed by atoms with van der Waals surface area (Å²) in [4.78, 5) is 0. The van der Waals surface area contributed by atoms with Crippen LogP contribution in [0.4, 0.5) is 0 Å². The van der Waals surface area contributed by atoms with Gasteiger partial charge in [-0.1, -0.05) is 6.92 Å². The molecule has 1 radical (unpaired) electrons. The van der Waals surface area contributed by atoms with Crippen molar-refractivity contribution in [1.29, 1.82) is 0 Å². The van der Waals surface area contributed by atoms with E-state index in [-0.39, 0.29) is 29.6 Å². The second kappa shape index (κ2) is 7.07. The number of hydrogen-bond donors (Lipinski definition) is 1. The van der Waals surface area contributed by atoms with Crippen molar-refractivity contribution < 1.29 is 8.76 Å². The largest absolute Gasteiger partial charge is 0.760 e. The Bertz CT molecular complexity index is 59.7. The van der Waals surface area contributed by atoms with Crippen LogP contribution < -0.4 is 4.72 Å². The fourth-order valence-corrected chi connectivity index (χ4v) is 0.354. The number of rotatable bonds is 2. The van der Waals surface area contributed by atoms with Crippen LogP contribution in [0.3, 0.4) is 0 Å². The monoisotopic (exact) mass is 131 g/mol. The van der Waals surface area contributed by atoms with Crippen molar-refractivity contribution in [2.24, 2.45) is 0 Å². The van der Waals surface area contributed by atoms with E-state index in [0.29, 0.717) is 6.54 Å². The molecule has 0 aromatic heterocycles. The van der Waals surface area contributed by atoms with E-state index >= 15 is 0 Å². The molecule has 39 valence electrons. The Balaban J connectivity index is 0. The molecule has 7 heavy (non-hydrogen) atoms. The Hall–Kier alpha value is 1.07. The first-order chi connectivity index (χ1) is 2.77. The molecule has 1 N–H and O–H groups in total. The van der Waals surface area contributed by atoms with E-state index < -0.39 is 11.3 Å². The minimum Gasteiger partial charge on any atom is -0.760 e. The average molecular weight is 131 g/mol. The van der Waals surface area contributed by atoms with Gasteiger partial charge in [0.2, 0.25) is 0 Å². The normalized spacial score (nSPS) is 12.3. The number of nitrogens with one attached hydrogen (secondary N) is 1. The summed E-state index contributed by atoms with van der Waals surface area (Å²) in [7, 11) is 0. The van der Waals surface area contributed by atoms with Crippen LogP contribution in [0.5, 0.6) is 0 Å². The van der Waals surface area contributed by atoms with Crippen LogP contribution in [0, 0.1) is 0 Å². The predicted molar refractivity (Wildman–Crippen MR) is 28.4 cm³/mol. The van der Waals surface area contributed by atoms with Crippen molar-refractivity contribution >= 4 is 40.8 Å². The third kappa shape index (κ3) is 11.0. The molecule has 0 aromatic rings. The molecule has 0 aliphatic carbocycles. The second-order valence-electron chi connectivity index (χ2n) is 0.733. The smallest absolute Gasteiger partial charge is 0.0180 e. The van der Waals surface area contributed by atoms with Crippen LogP contribution in [0.2, 0.25) is 0 Å². The van der Waals surface area contributed by atoms with Crippen molar-refractivity contribution in [3.8, 4) is 0 Å². The third-order valence-corrected chi connectivity index (χ3v) is 0.787. The van der Waals surface area contributed by atoms with Gasteiger partial charge >= 0.3 is 0 Å². The van der Waals surface area contributed by atoms with Gasteiger partial charge in [-0.15, -0.1) is 0 Å². The van der Waals surface area contributed by atoms with E-state index in [2.05, 4.69) is 4.72 Å². The van der Waals surface area contributed by atoms with E-state index in [9.17, 15) is 8.76 Å². The Labute approximate surface area is 67.6 Å². The molecule has 0 heterocycles. The molecule has 0 rings (SSSR count). The van der Waals surface area contributed by atoms with Crippen LogP contribution in [0.15, 0.2) is 0 Å². The molecular weight excluding hydrogens is 125 g/mol. The molecule has 1 atom stereocenters. The molecule has 0 aliphatic rings. The van der Waals surface area contributed by atoms with Gasteiger partial charge in [0.05, 0.1) is 0 Å².